The number of benzene rings is 1. The highest BCUT2D eigenvalue weighted by Crippen LogP contribution is 2.25. The van der Waals surface area contributed by atoms with Gasteiger partial charge in [-0.2, -0.15) is 4.98 Å². The molecule has 1 amide bonds. The number of piperidine rings is 1. The predicted octanol–water partition coefficient (Wildman–Crippen LogP) is 4.50. The molecule has 0 N–H and O–H groups in total. The molecule has 1 unspecified atom stereocenters. The molecule has 7 heteroatoms. The lowest BCUT2D eigenvalue weighted by Crippen LogP contribution is -2.40. The van der Waals surface area contributed by atoms with Gasteiger partial charge in [-0.3, -0.25) is 4.79 Å². The van der Waals surface area contributed by atoms with Crippen molar-refractivity contribution in [1.29, 1.82) is 0 Å². The van der Waals surface area contributed by atoms with Crippen molar-refractivity contribution in [3.63, 3.8) is 0 Å². The van der Waals surface area contributed by atoms with Crippen LogP contribution < -0.4 is 0 Å². The van der Waals surface area contributed by atoms with Crippen LogP contribution in [0.5, 0.6) is 0 Å². The van der Waals surface area contributed by atoms with Gasteiger partial charge in [-0.15, -0.1) is 0 Å². The minimum atomic E-state index is -0.0727. The fraction of sp³-hybridized carbons (Fsp3) is 0.350. The van der Waals surface area contributed by atoms with Crippen molar-refractivity contribution in [3.8, 4) is 11.4 Å². The molecule has 1 atom stereocenters. The first-order valence-electron chi connectivity index (χ1n) is 9.03. The first kappa shape index (κ1) is 18.0. The molecule has 0 saturated carbocycles. The van der Waals surface area contributed by atoms with Gasteiger partial charge in [-0.05, 0) is 59.3 Å². The average Bonchev–Trinajstić information content (AvgIpc) is 3.31. The van der Waals surface area contributed by atoms with Crippen molar-refractivity contribution in [2.45, 2.75) is 26.2 Å². The third-order valence-electron chi connectivity index (χ3n) is 4.91. The minimum absolute atomic E-state index is 0.0727. The van der Waals surface area contributed by atoms with Gasteiger partial charge < -0.3 is 13.8 Å². The average molecular weight is 430 g/mol. The van der Waals surface area contributed by atoms with E-state index in [-0.39, 0.29) is 5.91 Å². The normalized spacial score (nSPS) is 17.3. The Hall–Kier alpha value is -2.41. The Labute approximate surface area is 165 Å². The Morgan fingerprint density at radius 3 is 2.93 bits per heavy atom. The van der Waals surface area contributed by atoms with E-state index >= 15 is 0 Å². The number of amides is 1. The molecule has 1 aromatic carbocycles. The smallest absolute Gasteiger partial charge is 0.289 e. The second kappa shape index (κ2) is 7.68. The molecule has 1 saturated heterocycles. The molecule has 1 fully saturated rings. The number of nitrogens with zero attached hydrogens (tertiary/aromatic N) is 3. The van der Waals surface area contributed by atoms with Crippen molar-refractivity contribution in [1.82, 2.24) is 15.0 Å². The number of hydrogen-bond acceptors (Lipinski definition) is 5. The number of halogens is 1. The van der Waals surface area contributed by atoms with E-state index < -0.39 is 0 Å². The van der Waals surface area contributed by atoms with Gasteiger partial charge in [-0.25, -0.2) is 0 Å². The lowest BCUT2D eigenvalue weighted by atomic mass is 9.94. The summed E-state index contributed by atoms with van der Waals surface area (Å²) in [4.78, 5) is 19.0. The van der Waals surface area contributed by atoms with Crippen LogP contribution in [-0.4, -0.2) is 34.0 Å². The highest BCUT2D eigenvalue weighted by atomic mass is 79.9. The summed E-state index contributed by atoms with van der Waals surface area (Å²) in [5.41, 5.74) is 2.10. The van der Waals surface area contributed by atoms with E-state index in [1.54, 1.807) is 12.1 Å². The van der Waals surface area contributed by atoms with Crippen molar-refractivity contribution in [2.24, 2.45) is 5.92 Å². The molecule has 0 aliphatic carbocycles. The highest BCUT2D eigenvalue weighted by molar-refractivity contribution is 9.10. The lowest BCUT2D eigenvalue weighted by molar-refractivity contribution is 0.0635. The fourth-order valence-corrected chi connectivity index (χ4v) is 3.83. The third kappa shape index (κ3) is 3.98. The summed E-state index contributed by atoms with van der Waals surface area (Å²) in [7, 11) is 0. The number of aromatic nitrogens is 2. The molecule has 140 valence electrons. The van der Waals surface area contributed by atoms with Crippen LogP contribution in [0.2, 0.25) is 0 Å². The number of carbonyl (C=O) groups excluding carboxylic acids is 1. The maximum absolute atomic E-state index is 12.6. The first-order chi connectivity index (χ1) is 13.1. The molecule has 2 aromatic heterocycles. The second-order valence-electron chi connectivity index (χ2n) is 6.89. The zero-order valence-corrected chi connectivity index (χ0v) is 16.6. The van der Waals surface area contributed by atoms with E-state index in [0.717, 1.165) is 30.5 Å². The Kier molecular flexibility index (Phi) is 5.11. The third-order valence-corrected chi connectivity index (χ3v) is 5.33. The molecule has 4 rings (SSSR count). The molecule has 27 heavy (non-hydrogen) atoms. The van der Waals surface area contributed by atoms with Crippen LogP contribution in [0.25, 0.3) is 11.4 Å². The van der Waals surface area contributed by atoms with Crippen molar-refractivity contribution < 1.29 is 13.7 Å². The van der Waals surface area contributed by atoms with Crippen LogP contribution in [0.3, 0.4) is 0 Å². The van der Waals surface area contributed by atoms with Crippen molar-refractivity contribution >= 4 is 21.8 Å². The van der Waals surface area contributed by atoms with Gasteiger partial charge in [0.25, 0.3) is 5.91 Å². The standard InChI is InChI=1S/C20H20BrN3O3/c1-13-5-2-3-7-15(13)19-22-18(27-23-19)11-14-6-4-10-24(12-14)20(25)16-8-9-17(21)26-16/h2-3,5,7-9,14H,4,6,10-12H2,1H3. The van der Waals surface area contributed by atoms with Crippen LogP contribution in [-0.2, 0) is 6.42 Å². The molecular weight excluding hydrogens is 410 g/mol. The quantitative estimate of drug-likeness (QED) is 0.610. The van der Waals surface area contributed by atoms with Crippen molar-refractivity contribution in [3.05, 3.63) is 58.3 Å². The summed E-state index contributed by atoms with van der Waals surface area (Å²) in [6.45, 7) is 3.44. The molecule has 0 bridgehead atoms. The van der Waals surface area contributed by atoms with E-state index in [0.29, 0.717) is 41.0 Å². The van der Waals surface area contributed by atoms with Gasteiger partial charge in [0.2, 0.25) is 11.7 Å². The van der Waals surface area contributed by atoms with Crippen LogP contribution in [0.1, 0.15) is 34.9 Å². The van der Waals surface area contributed by atoms with E-state index in [4.69, 9.17) is 8.94 Å². The second-order valence-corrected chi connectivity index (χ2v) is 7.68. The number of hydrogen-bond donors (Lipinski definition) is 0. The molecule has 1 aliphatic heterocycles. The minimum Gasteiger partial charge on any atom is -0.444 e. The zero-order chi connectivity index (χ0) is 18.8. The fourth-order valence-electron chi connectivity index (χ4n) is 3.52. The Bertz CT molecular complexity index is 949. The van der Waals surface area contributed by atoms with Crippen LogP contribution in [0.4, 0.5) is 0 Å². The summed E-state index contributed by atoms with van der Waals surface area (Å²) >= 11 is 3.24. The highest BCUT2D eigenvalue weighted by Gasteiger charge is 2.27. The van der Waals surface area contributed by atoms with E-state index in [9.17, 15) is 4.79 Å². The zero-order valence-electron chi connectivity index (χ0n) is 15.0. The SMILES string of the molecule is Cc1ccccc1-c1noc(CC2CCCN(C(=O)c3ccc(Br)o3)C2)n1. The molecule has 0 radical (unpaired) electrons. The largest absolute Gasteiger partial charge is 0.444 e. The summed E-state index contributed by atoms with van der Waals surface area (Å²) in [6.07, 6.45) is 2.66. The van der Waals surface area contributed by atoms with Crippen molar-refractivity contribution in [2.75, 3.05) is 13.1 Å². The summed E-state index contributed by atoms with van der Waals surface area (Å²) in [5, 5.41) is 4.13. The van der Waals surface area contributed by atoms with E-state index in [1.165, 1.54) is 0 Å². The number of carbonyl (C=O) groups is 1. The van der Waals surface area contributed by atoms with Gasteiger partial charge in [0, 0.05) is 25.1 Å². The Morgan fingerprint density at radius 1 is 1.30 bits per heavy atom. The lowest BCUT2D eigenvalue weighted by Gasteiger charge is -2.31. The molecule has 0 spiro atoms. The molecule has 3 aromatic rings. The maximum atomic E-state index is 12.6. The summed E-state index contributed by atoms with van der Waals surface area (Å²) in [5.74, 6) is 1.82. The number of rotatable bonds is 4. The van der Waals surface area contributed by atoms with Crippen LogP contribution in [0, 0.1) is 12.8 Å². The molecule has 3 heterocycles. The monoisotopic (exact) mass is 429 g/mol. The van der Waals surface area contributed by atoms with Gasteiger partial charge in [0.1, 0.15) is 0 Å². The van der Waals surface area contributed by atoms with E-state index in [2.05, 4.69) is 26.1 Å². The molecule has 6 nitrogen and oxygen atoms in total. The topological polar surface area (TPSA) is 72.4 Å². The predicted molar refractivity (Wildman–Crippen MR) is 103 cm³/mol. The molecular formula is C20H20BrN3O3. The number of likely N-dealkylation sites (tertiary alicyclic amines) is 1. The van der Waals surface area contributed by atoms with Crippen LogP contribution >= 0.6 is 15.9 Å². The van der Waals surface area contributed by atoms with Gasteiger partial charge in [-0.1, -0.05) is 29.4 Å². The van der Waals surface area contributed by atoms with Gasteiger partial charge >= 0.3 is 0 Å². The van der Waals surface area contributed by atoms with Crippen LogP contribution in [0.15, 0.2) is 50.0 Å². The maximum Gasteiger partial charge on any atom is 0.289 e. The summed E-state index contributed by atoms with van der Waals surface area (Å²) in [6, 6.07) is 11.4. The number of furan rings is 1. The van der Waals surface area contributed by atoms with Gasteiger partial charge in [0.15, 0.2) is 10.4 Å². The summed E-state index contributed by atoms with van der Waals surface area (Å²) < 4.78 is 11.4. The Balaban J connectivity index is 1.43. The Morgan fingerprint density at radius 2 is 2.15 bits per heavy atom. The molecule has 1 aliphatic rings. The first-order valence-corrected chi connectivity index (χ1v) is 9.82. The van der Waals surface area contributed by atoms with E-state index in [1.807, 2.05) is 36.1 Å². The van der Waals surface area contributed by atoms with Gasteiger partial charge in [0.05, 0.1) is 0 Å². The number of aryl methyl sites for hydroxylation is 1.